The third-order valence-corrected chi connectivity index (χ3v) is 9.93. The number of thiophene rings is 1. The fourth-order valence-corrected chi connectivity index (χ4v) is 7.85. The van der Waals surface area contributed by atoms with Gasteiger partial charge < -0.3 is 4.90 Å². The Morgan fingerprint density at radius 1 is 1.23 bits per heavy atom. The fraction of sp³-hybridized carbons (Fsp3) is 0.737. The van der Waals surface area contributed by atoms with Crippen LogP contribution in [-0.2, 0) is 14.8 Å². The molecule has 0 radical (unpaired) electrons. The highest BCUT2D eigenvalue weighted by Crippen LogP contribution is 2.48. The van der Waals surface area contributed by atoms with Crippen LogP contribution in [0.1, 0.15) is 38.5 Å². The van der Waals surface area contributed by atoms with E-state index in [9.17, 15) is 13.2 Å². The van der Waals surface area contributed by atoms with Crippen LogP contribution < -0.4 is 0 Å². The van der Waals surface area contributed by atoms with Crippen LogP contribution in [0.15, 0.2) is 21.7 Å². The molecule has 7 heteroatoms. The Morgan fingerprint density at radius 3 is 2.58 bits per heavy atom. The summed E-state index contributed by atoms with van der Waals surface area (Å²) in [7, 11) is -1.45. The Hall–Kier alpha value is -0.920. The minimum Gasteiger partial charge on any atom is -0.345 e. The van der Waals surface area contributed by atoms with Crippen molar-refractivity contribution in [3.63, 3.8) is 0 Å². The lowest BCUT2D eigenvalue weighted by Gasteiger charge is -2.34. The number of hydrogen-bond donors (Lipinski definition) is 0. The Morgan fingerprint density at radius 2 is 2.00 bits per heavy atom. The molecule has 1 amide bonds. The van der Waals surface area contributed by atoms with E-state index < -0.39 is 10.0 Å². The SMILES string of the molecule is CN(C[C@H]1C[C@H]2CC[C@@H]1C2)C(=O)C1CCN(S(=O)(=O)c2cccs2)CC1. The van der Waals surface area contributed by atoms with E-state index in [-0.39, 0.29) is 11.8 Å². The summed E-state index contributed by atoms with van der Waals surface area (Å²) in [6, 6.07) is 3.42. The van der Waals surface area contributed by atoms with Crippen LogP contribution in [0.5, 0.6) is 0 Å². The van der Waals surface area contributed by atoms with Gasteiger partial charge >= 0.3 is 0 Å². The minimum absolute atomic E-state index is 0.0339. The summed E-state index contributed by atoms with van der Waals surface area (Å²) in [6.07, 6.45) is 6.65. The van der Waals surface area contributed by atoms with Gasteiger partial charge in [0.05, 0.1) is 0 Å². The van der Waals surface area contributed by atoms with Gasteiger partial charge in [0.25, 0.3) is 10.0 Å². The highest BCUT2D eigenvalue weighted by molar-refractivity contribution is 7.91. The second kappa shape index (κ2) is 7.24. The largest absolute Gasteiger partial charge is 0.345 e. The lowest BCUT2D eigenvalue weighted by Crippen LogP contribution is -2.44. The van der Waals surface area contributed by atoms with Crippen molar-refractivity contribution in [3.05, 3.63) is 17.5 Å². The summed E-state index contributed by atoms with van der Waals surface area (Å²) in [6.45, 7) is 1.77. The number of sulfonamides is 1. The molecule has 3 aliphatic rings. The van der Waals surface area contributed by atoms with Gasteiger partial charge in [-0.15, -0.1) is 11.3 Å². The van der Waals surface area contributed by atoms with Crippen LogP contribution in [0.25, 0.3) is 0 Å². The van der Waals surface area contributed by atoms with Crippen LogP contribution in [-0.4, -0.2) is 50.2 Å². The van der Waals surface area contributed by atoms with Crippen molar-refractivity contribution < 1.29 is 13.2 Å². The zero-order valence-corrected chi connectivity index (χ0v) is 17.0. The van der Waals surface area contributed by atoms with Gasteiger partial charge in [-0.05, 0) is 61.3 Å². The maximum absolute atomic E-state index is 12.8. The summed E-state index contributed by atoms with van der Waals surface area (Å²) < 4.78 is 27.1. The van der Waals surface area contributed by atoms with Gasteiger partial charge in [-0.2, -0.15) is 4.31 Å². The van der Waals surface area contributed by atoms with Crippen molar-refractivity contribution in [1.29, 1.82) is 0 Å². The smallest absolute Gasteiger partial charge is 0.252 e. The molecule has 3 atom stereocenters. The third kappa shape index (κ3) is 3.45. The summed E-state index contributed by atoms with van der Waals surface area (Å²) in [4.78, 5) is 14.8. The normalized spacial score (nSPS) is 30.0. The first kappa shape index (κ1) is 18.4. The molecule has 2 saturated carbocycles. The molecule has 5 nitrogen and oxygen atoms in total. The zero-order valence-electron chi connectivity index (χ0n) is 15.3. The Bertz CT molecular complexity index is 739. The van der Waals surface area contributed by atoms with Crippen LogP contribution in [0.3, 0.4) is 0 Å². The van der Waals surface area contributed by atoms with Crippen molar-refractivity contribution >= 4 is 27.3 Å². The zero-order chi connectivity index (χ0) is 18.3. The first-order chi connectivity index (χ1) is 12.4. The third-order valence-electron chi connectivity index (χ3n) is 6.66. The monoisotopic (exact) mass is 396 g/mol. The summed E-state index contributed by atoms with van der Waals surface area (Å²) >= 11 is 1.25. The van der Waals surface area contributed by atoms with E-state index in [1.807, 2.05) is 11.9 Å². The van der Waals surface area contributed by atoms with Gasteiger partial charge in [-0.3, -0.25) is 4.79 Å². The topological polar surface area (TPSA) is 57.7 Å². The average Bonchev–Trinajstić information content (AvgIpc) is 3.39. The first-order valence-electron chi connectivity index (χ1n) is 9.74. The van der Waals surface area contributed by atoms with Crippen LogP contribution in [0.4, 0.5) is 0 Å². The van der Waals surface area contributed by atoms with E-state index in [1.54, 1.807) is 21.8 Å². The molecule has 0 unspecified atom stereocenters. The Kier molecular flexibility index (Phi) is 5.14. The number of fused-ring (bicyclic) bond motifs is 2. The molecule has 2 bridgehead atoms. The molecule has 2 aliphatic carbocycles. The van der Waals surface area contributed by atoms with E-state index in [1.165, 1.54) is 37.0 Å². The van der Waals surface area contributed by atoms with E-state index >= 15 is 0 Å². The van der Waals surface area contributed by atoms with Gasteiger partial charge in [0.2, 0.25) is 5.91 Å². The molecular formula is C19H28N2O3S2. The van der Waals surface area contributed by atoms with Crippen molar-refractivity contribution in [2.75, 3.05) is 26.7 Å². The van der Waals surface area contributed by atoms with Gasteiger partial charge in [0, 0.05) is 32.6 Å². The van der Waals surface area contributed by atoms with Crippen molar-refractivity contribution in [2.45, 2.75) is 42.7 Å². The molecule has 0 N–H and O–H groups in total. The second-order valence-corrected chi connectivity index (χ2v) is 11.4. The van der Waals surface area contributed by atoms with Gasteiger partial charge in [0.1, 0.15) is 4.21 Å². The number of nitrogens with zero attached hydrogens (tertiary/aromatic N) is 2. The molecule has 3 fully saturated rings. The molecule has 1 aliphatic heterocycles. The van der Waals surface area contributed by atoms with E-state index in [0.29, 0.717) is 36.1 Å². The standard InChI is InChI=1S/C19H28N2O3S2/c1-20(13-17-12-14-4-5-16(17)11-14)19(22)15-6-8-21(9-7-15)26(23,24)18-3-2-10-25-18/h2-3,10,14-17H,4-9,11-13H2,1H3/t14-,16+,17+/m0/s1. The Labute approximate surface area is 160 Å². The van der Waals surface area contributed by atoms with E-state index in [0.717, 1.165) is 18.4 Å². The quantitative estimate of drug-likeness (QED) is 0.769. The van der Waals surface area contributed by atoms with Crippen molar-refractivity contribution in [3.8, 4) is 0 Å². The van der Waals surface area contributed by atoms with Gasteiger partial charge in [-0.25, -0.2) is 8.42 Å². The van der Waals surface area contributed by atoms with E-state index in [2.05, 4.69) is 0 Å². The van der Waals surface area contributed by atoms with Crippen LogP contribution in [0.2, 0.25) is 0 Å². The average molecular weight is 397 g/mol. The van der Waals surface area contributed by atoms with E-state index in [4.69, 9.17) is 0 Å². The molecule has 1 saturated heterocycles. The number of carbonyl (C=O) groups is 1. The molecule has 1 aromatic rings. The highest BCUT2D eigenvalue weighted by atomic mass is 32.2. The second-order valence-electron chi connectivity index (χ2n) is 8.26. The predicted octanol–water partition coefficient (Wildman–Crippen LogP) is 3.04. The van der Waals surface area contributed by atoms with Gasteiger partial charge in [0.15, 0.2) is 0 Å². The summed E-state index contributed by atoms with van der Waals surface area (Å²) in [5.74, 6) is 2.59. The maximum atomic E-state index is 12.8. The predicted molar refractivity (Wildman–Crippen MR) is 102 cm³/mol. The molecule has 26 heavy (non-hydrogen) atoms. The first-order valence-corrected chi connectivity index (χ1v) is 12.1. The molecule has 2 heterocycles. The maximum Gasteiger partial charge on any atom is 0.252 e. The summed E-state index contributed by atoms with van der Waals surface area (Å²) in [5.41, 5.74) is 0. The molecular weight excluding hydrogens is 368 g/mol. The lowest BCUT2D eigenvalue weighted by molar-refractivity contribution is -0.136. The van der Waals surface area contributed by atoms with Crippen molar-refractivity contribution in [1.82, 2.24) is 9.21 Å². The lowest BCUT2D eigenvalue weighted by atomic mass is 9.88. The number of carbonyl (C=O) groups excluding carboxylic acids is 1. The number of rotatable bonds is 5. The Balaban J connectivity index is 1.30. The van der Waals surface area contributed by atoms with Crippen LogP contribution >= 0.6 is 11.3 Å². The molecule has 1 aromatic heterocycles. The minimum atomic E-state index is -3.39. The number of piperidine rings is 1. The highest BCUT2D eigenvalue weighted by Gasteiger charge is 2.41. The number of amides is 1. The van der Waals surface area contributed by atoms with Gasteiger partial charge in [-0.1, -0.05) is 12.5 Å². The molecule has 0 aromatic carbocycles. The molecule has 144 valence electrons. The number of hydrogen-bond acceptors (Lipinski definition) is 4. The van der Waals surface area contributed by atoms with Crippen LogP contribution in [0, 0.1) is 23.7 Å². The molecule has 4 rings (SSSR count). The van der Waals surface area contributed by atoms with Crippen molar-refractivity contribution in [2.24, 2.45) is 23.7 Å². The summed E-state index contributed by atoms with van der Waals surface area (Å²) in [5, 5.41) is 1.79. The molecule has 0 spiro atoms. The fourth-order valence-electron chi connectivity index (χ4n) is 5.23.